The van der Waals surface area contributed by atoms with Crippen molar-refractivity contribution in [2.75, 3.05) is 13.2 Å². The standard InChI is InChI=1S/C15H19N3O3S/c1-5-17-13(19)10(4)22-14-11(8-16)7-12(9(3)18-14)15(20)21-6-2/h7,10H,5-6H2,1-4H3,(H,17,19). The number of esters is 1. The average molecular weight is 321 g/mol. The molecule has 0 bridgehead atoms. The number of aryl methyl sites for hydroxylation is 1. The Hall–Kier alpha value is -2.07. The number of carbonyl (C=O) groups is 2. The summed E-state index contributed by atoms with van der Waals surface area (Å²) in [6, 6.07) is 3.48. The molecule has 1 aromatic rings. The molecule has 0 saturated carbocycles. The Bertz CT molecular complexity index is 611. The largest absolute Gasteiger partial charge is 0.462 e. The number of ether oxygens (including phenoxy) is 1. The van der Waals surface area contributed by atoms with Crippen molar-refractivity contribution >= 4 is 23.6 Å². The van der Waals surface area contributed by atoms with Crippen LogP contribution >= 0.6 is 11.8 Å². The second kappa shape index (κ2) is 8.39. The Balaban J connectivity index is 3.07. The SMILES string of the molecule is CCNC(=O)C(C)Sc1nc(C)c(C(=O)OCC)cc1C#N. The van der Waals surface area contributed by atoms with Crippen LogP contribution in [0.1, 0.15) is 42.4 Å². The molecule has 6 nitrogen and oxygen atoms in total. The number of nitriles is 1. The summed E-state index contributed by atoms with van der Waals surface area (Å²) in [4.78, 5) is 27.9. The molecule has 0 saturated heterocycles. The van der Waals surface area contributed by atoms with Gasteiger partial charge in [-0.3, -0.25) is 4.79 Å². The zero-order valence-corrected chi connectivity index (χ0v) is 13.9. The van der Waals surface area contributed by atoms with Gasteiger partial charge in [-0.05, 0) is 33.8 Å². The minimum Gasteiger partial charge on any atom is -0.462 e. The maximum atomic E-state index is 11.8. The first kappa shape index (κ1) is 18.0. The predicted molar refractivity (Wildman–Crippen MR) is 83.6 cm³/mol. The molecule has 0 aliphatic rings. The fourth-order valence-electron chi connectivity index (χ4n) is 1.71. The van der Waals surface area contributed by atoms with Crippen LogP contribution in [-0.4, -0.2) is 35.3 Å². The quantitative estimate of drug-likeness (QED) is 0.637. The van der Waals surface area contributed by atoms with Crippen LogP contribution in [0.4, 0.5) is 0 Å². The molecule has 1 atom stereocenters. The lowest BCUT2D eigenvalue weighted by Gasteiger charge is -2.13. The first-order valence-corrected chi connectivity index (χ1v) is 7.85. The molecular formula is C15H19N3O3S. The highest BCUT2D eigenvalue weighted by atomic mass is 32.2. The molecule has 1 unspecified atom stereocenters. The lowest BCUT2D eigenvalue weighted by molar-refractivity contribution is -0.120. The van der Waals surface area contributed by atoms with Crippen LogP contribution < -0.4 is 5.32 Å². The summed E-state index contributed by atoms with van der Waals surface area (Å²) in [5.74, 6) is -0.623. The highest BCUT2D eigenvalue weighted by molar-refractivity contribution is 8.00. The van der Waals surface area contributed by atoms with Crippen molar-refractivity contribution in [3.8, 4) is 6.07 Å². The van der Waals surface area contributed by atoms with Crippen molar-refractivity contribution < 1.29 is 14.3 Å². The van der Waals surface area contributed by atoms with Crippen molar-refractivity contribution in [1.29, 1.82) is 5.26 Å². The van der Waals surface area contributed by atoms with E-state index in [9.17, 15) is 14.9 Å². The lowest BCUT2D eigenvalue weighted by Crippen LogP contribution is -2.30. The van der Waals surface area contributed by atoms with E-state index in [1.807, 2.05) is 13.0 Å². The number of hydrogen-bond donors (Lipinski definition) is 1. The van der Waals surface area contributed by atoms with Crippen LogP contribution in [0.3, 0.4) is 0 Å². The second-order valence-electron chi connectivity index (χ2n) is 4.46. The fraction of sp³-hybridized carbons (Fsp3) is 0.467. The fourth-order valence-corrected chi connectivity index (χ4v) is 2.65. The van der Waals surface area contributed by atoms with Gasteiger partial charge in [0.25, 0.3) is 0 Å². The minimum atomic E-state index is -0.502. The molecule has 0 radical (unpaired) electrons. The van der Waals surface area contributed by atoms with Gasteiger partial charge in [-0.25, -0.2) is 9.78 Å². The van der Waals surface area contributed by atoms with E-state index in [4.69, 9.17) is 4.74 Å². The maximum Gasteiger partial charge on any atom is 0.340 e. The third-order valence-corrected chi connectivity index (χ3v) is 3.90. The molecule has 1 amide bonds. The second-order valence-corrected chi connectivity index (χ2v) is 5.79. The number of aromatic nitrogens is 1. The third kappa shape index (κ3) is 4.46. The number of rotatable bonds is 6. The van der Waals surface area contributed by atoms with Crippen molar-refractivity contribution in [2.24, 2.45) is 0 Å². The van der Waals surface area contributed by atoms with E-state index in [0.29, 0.717) is 17.3 Å². The third-order valence-electron chi connectivity index (χ3n) is 2.80. The van der Waals surface area contributed by atoms with E-state index < -0.39 is 5.97 Å². The van der Waals surface area contributed by atoms with Crippen LogP contribution in [0.25, 0.3) is 0 Å². The minimum absolute atomic E-state index is 0.120. The molecule has 118 valence electrons. The monoisotopic (exact) mass is 321 g/mol. The van der Waals surface area contributed by atoms with E-state index in [1.54, 1.807) is 20.8 Å². The van der Waals surface area contributed by atoms with Crippen molar-refractivity contribution in [3.63, 3.8) is 0 Å². The lowest BCUT2D eigenvalue weighted by atomic mass is 10.1. The van der Waals surface area contributed by atoms with Gasteiger partial charge in [-0.2, -0.15) is 5.26 Å². The summed E-state index contributed by atoms with van der Waals surface area (Å²) < 4.78 is 4.94. The van der Waals surface area contributed by atoms with Gasteiger partial charge in [0.2, 0.25) is 5.91 Å². The zero-order valence-electron chi connectivity index (χ0n) is 13.1. The summed E-state index contributed by atoms with van der Waals surface area (Å²) in [6.45, 7) is 7.77. The van der Waals surface area contributed by atoms with Gasteiger partial charge in [0.1, 0.15) is 11.1 Å². The molecule has 0 aliphatic carbocycles. The summed E-state index contributed by atoms with van der Waals surface area (Å²) >= 11 is 1.19. The van der Waals surface area contributed by atoms with Gasteiger partial charge in [0, 0.05) is 6.54 Å². The maximum absolute atomic E-state index is 11.8. The molecule has 1 heterocycles. The average Bonchev–Trinajstić information content (AvgIpc) is 2.47. The Morgan fingerprint density at radius 1 is 1.50 bits per heavy atom. The number of amides is 1. The van der Waals surface area contributed by atoms with E-state index >= 15 is 0 Å². The van der Waals surface area contributed by atoms with E-state index in [0.717, 1.165) is 0 Å². The molecule has 0 spiro atoms. The highest BCUT2D eigenvalue weighted by Gasteiger charge is 2.20. The van der Waals surface area contributed by atoms with Gasteiger partial charge in [0.15, 0.2) is 0 Å². The number of thioether (sulfide) groups is 1. The van der Waals surface area contributed by atoms with Gasteiger partial charge in [-0.15, -0.1) is 0 Å². The van der Waals surface area contributed by atoms with Crippen LogP contribution in [0.15, 0.2) is 11.1 Å². The first-order chi connectivity index (χ1) is 10.4. The van der Waals surface area contributed by atoms with Gasteiger partial charge in [0.05, 0.1) is 28.7 Å². The Morgan fingerprint density at radius 2 is 2.18 bits per heavy atom. The summed E-state index contributed by atoms with van der Waals surface area (Å²) in [5.41, 5.74) is 1.01. The van der Waals surface area contributed by atoms with E-state index in [-0.39, 0.29) is 28.9 Å². The summed E-state index contributed by atoms with van der Waals surface area (Å²) in [7, 11) is 0. The number of nitrogens with one attached hydrogen (secondary N) is 1. The zero-order chi connectivity index (χ0) is 16.7. The van der Waals surface area contributed by atoms with E-state index in [2.05, 4.69) is 10.3 Å². The first-order valence-electron chi connectivity index (χ1n) is 6.97. The molecule has 0 aromatic carbocycles. The van der Waals surface area contributed by atoms with Crippen LogP contribution in [0.2, 0.25) is 0 Å². The molecule has 0 fully saturated rings. The van der Waals surface area contributed by atoms with E-state index in [1.165, 1.54) is 17.8 Å². The summed E-state index contributed by atoms with van der Waals surface area (Å²) in [6.07, 6.45) is 0. The van der Waals surface area contributed by atoms with Crippen LogP contribution in [0.5, 0.6) is 0 Å². The van der Waals surface area contributed by atoms with Crippen LogP contribution in [0, 0.1) is 18.3 Å². The summed E-state index contributed by atoms with van der Waals surface area (Å²) in [5, 5.41) is 12.0. The molecule has 7 heteroatoms. The number of nitrogens with zero attached hydrogens (tertiary/aromatic N) is 2. The van der Waals surface area contributed by atoms with Crippen LogP contribution in [-0.2, 0) is 9.53 Å². The predicted octanol–water partition coefficient (Wildman–Crippen LogP) is 2.06. The molecule has 0 aliphatic heterocycles. The van der Waals surface area contributed by atoms with Gasteiger partial charge < -0.3 is 10.1 Å². The molecule has 1 rings (SSSR count). The van der Waals surface area contributed by atoms with Crippen molar-refractivity contribution in [1.82, 2.24) is 10.3 Å². The Morgan fingerprint density at radius 3 is 2.73 bits per heavy atom. The number of carbonyl (C=O) groups excluding carboxylic acids is 2. The molecular weight excluding hydrogens is 302 g/mol. The molecule has 1 aromatic heterocycles. The topological polar surface area (TPSA) is 92.1 Å². The Kier molecular flexibility index (Phi) is 6.86. The smallest absolute Gasteiger partial charge is 0.340 e. The normalized spacial score (nSPS) is 11.4. The van der Waals surface area contributed by atoms with Crippen molar-refractivity contribution in [2.45, 2.75) is 38.0 Å². The highest BCUT2D eigenvalue weighted by Crippen LogP contribution is 2.27. The van der Waals surface area contributed by atoms with Crippen molar-refractivity contribution in [3.05, 3.63) is 22.9 Å². The number of hydrogen-bond acceptors (Lipinski definition) is 6. The molecule has 22 heavy (non-hydrogen) atoms. The molecule has 1 N–H and O–H groups in total. The Labute approximate surface area is 134 Å². The van der Waals surface area contributed by atoms with Gasteiger partial charge in [-0.1, -0.05) is 11.8 Å². The number of pyridine rings is 1. The van der Waals surface area contributed by atoms with Gasteiger partial charge >= 0.3 is 5.97 Å².